The van der Waals surface area contributed by atoms with E-state index in [1.807, 2.05) is 12.1 Å². The van der Waals surface area contributed by atoms with Crippen molar-refractivity contribution < 1.29 is 34.0 Å². The highest BCUT2D eigenvalue weighted by atomic mass is 19.1. The van der Waals surface area contributed by atoms with Crippen molar-refractivity contribution in [1.82, 2.24) is 15.0 Å². The number of halogens is 3. The van der Waals surface area contributed by atoms with E-state index in [9.17, 15) is 8.22 Å². The first-order chi connectivity index (χ1) is 36.9. The van der Waals surface area contributed by atoms with Gasteiger partial charge in [0, 0.05) is 77.5 Å². The van der Waals surface area contributed by atoms with Crippen LogP contribution in [0.15, 0.2) is 187 Å². The Hall–Kier alpha value is -7.64. The molecule has 0 amide bonds. The summed E-state index contributed by atoms with van der Waals surface area (Å²) in [5, 5.41) is 0.654. The first-order valence-corrected chi connectivity index (χ1v) is 21.1. The number of para-hydroxylation sites is 1. The van der Waals surface area contributed by atoms with E-state index in [4.69, 9.17) is 17.6 Å². The number of pyridine rings is 3. The van der Waals surface area contributed by atoms with Gasteiger partial charge in [-0.25, -0.2) is 13.2 Å². The minimum Gasteiger partial charge on any atom is -0.455 e. The molecule has 0 fully saturated rings. The molecule has 10 rings (SSSR count). The lowest BCUT2D eigenvalue weighted by Crippen LogP contribution is -2.21. The average molecular weight is 882 g/mol. The van der Waals surface area contributed by atoms with Gasteiger partial charge in [0.15, 0.2) is 0 Å². The standard InChI is InChI=1S/C59H46F3N3O/c1-59(2,46-25-28-53(65-37-46)49-20-12-19-47-48-26-27-50(60)56(58(48)66-57(47)49)43-17-10-5-11-18-43)34-40-30-38(21-23-44-35-63-54(32-51(44)61)41-13-6-3-7-14-41)29-39(31-40)22-24-45-36-64-55(33-52(45)62)42-15-8-4-9-16-42/h3-20,25-33,35-37H,21-24,34H2,1-2H3/i5D,10D,11D,17D,18D,21D2,22D2,27D,34D2. The van der Waals surface area contributed by atoms with Crippen LogP contribution >= 0.6 is 0 Å². The summed E-state index contributed by atoms with van der Waals surface area (Å²) < 4.78 is 162. The molecule has 0 aliphatic rings. The summed E-state index contributed by atoms with van der Waals surface area (Å²) >= 11 is 0. The second-order valence-corrected chi connectivity index (χ2v) is 16.2. The minimum atomic E-state index is -2.44. The molecule has 0 aliphatic carbocycles. The van der Waals surface area contributed by atoms with E-state index in [-0.39, 0.29) is 44.4 Å². The predicted molar refractivity (Wildman–Crippen MR) is 260 cm³/mol. The number of rotatable bonds is 13. The van der Waals surface area contributed by atoms with Gasteiger partial charge >= 0.3 is 0 Å². The lowest BCUT2D eigenvalue weighted by molar-refractivity contribution is 0.520. The van der Waals surface area contributed by atoms with Gasteiger partial charge in [0.2, 0.25) is 0 Å². The summed E-state index contributed by atoms with van der Waals surface area (Å²) in [4.78, 5) is 13.5. The molecule has 4 aromatic heterocycles. The fraction of sp³-hybridized carbons (Fsp3) is 0.136. The molecule has 0 saturated carbocycles. The number of hydrogen-bond donors (Lipinski definition) is 0. The Bertz CT molecular complexity index is 3840. The molecular formula is C59H46F3N3O. The molecule has 66 heavy (non-hydrogen) atoms. The minimum absolute atomic E-state index is 0.0723. The Morgan fingerprint density at radius 2 is 1.11 bits per heavy atom. The van der Waals surface area contributed by atoms with E-state index >= 15 is 13.2 Å². The Labute approximate surface area is 399 Å². The molecule has 324 valence electrons. The number of hydrogen-bond acceptors (Lipinski definition) is 4. The van der Waals surface area contributed by atoms with Gasteiger partial charge in [-0.15, -0.1) is 0 Å². The van der Waals surface area contributed by atoms with Crippen molar-refractivity contribution in [1.29, 1.82) is 0 Å². The molecule has 4 nitrogen and oxygen atoms in total. The molecule has 7 heteroatoms. The van der Waals surface area contributed by atoms with Gasteiger partial charge in [0.1, 0.15) is 28.6 Å². The molecule has 0 N–H and O–H groups in total. The number of benzene rings is 6. The molecule has 0 bridgehead atoms. The first kappa shape index (κ1) is 30.5. The lowest BCUT2D eigenvalue weighted by Gasteiger charge is -2.26. The van der Waals surface area contributed by atoms with E-state index in [2.05, 4.69) is 9.97 Å². The van der Waals surface area contributed by atoms with Crippen molar-refractivity contribution in [3.05, 3.63) is 233 Å². The lowest BCUT2D eigenvalue weighted by atomic mass is 9.79. The van der Waals surface area contributed by atoms with Gasteiger partial charge in [-0.1, -0.05) is 141 Å². The fourth-order valence-corrected chi connectivity index (χ4v) is 7.94. The van der Waals surface area contributed by atoms with Gasteiger partial charge in [-0.05, 0) is 89.4 Å². The zero-order valence-corrected chi connectivity index (χ0v) is 35.7. The molecule has 10 aromatic rings. The summed E-state index contributed by atoms with van der Waals surface area (Å²) in [7, 11) is 0. The number of aryl methyl sites for hydroxylation is 4. The third kappa shape index (κ3) is 8.77. The average Bonchev–Trinajstić information content (AvgIpc) is 4.03. The molecule has 4 heterocycles. The maximum absolute atomic E-state index is 16.1. The Morgan fingerprint density at radius 1 is 0.530 bits per heavy atom. The molecule has 0 atom stereocenters. The Balaban J connectivity index is 1.03. The second kappa shape index (κ2) is 18.1. The Morgan fingerprint density at radius 3 is 1.68 bits per heavy atom. The molecule has 0 unspecified atom stereocenters. The molecule has 0 saturated heterocycles. The summed E-state index contributed by atoms with van der Waals surface area (Å²) in [6.45, 7) is 3.22. The van der Waals surface area contributed by atoms with Gasteiger partial charge in [0.05, 0.1) is 30.9 Å². The first-order valence-electron chi connectivity index (χ1n) is 27.1. The van der Waals surface area contributed by atoms with Gasteiger partial charge in [-0.3, -0.25) is 15.0 Å². The van der Waals surface area contributed by atoms with Crippen LogP contribution in [0.1, 0.15) is 63.7 Å². The number of aromatic nitrogens is 3. The maximum atomic E-state index is 16.1. The third-order valence-corrected chi connectivity index (χ3v) is 11.4. The number of fused-ring (bicyclic) bond motifs is 3. The molecular weight excluding hydrogens is 824 g/mol. The maximum Gasteiger partial charge on any atom is 0.146 e. The largest absolute Gasteiger partial charge is 0.455 e. The zero-order chi connectivity index (χ0) is 55.8. The van der Waals surface area contributed by atoms with Crippen molar-refractivity contribution >= 4 is 21.9 Å². The molecule has 0 radical (unpaired) electrons. The van der Waals surface area contributed by atoms with Gasteiger partial charge in [-0.2, -0.15) is 0 Å². The van der Waals surface area contributed by atoms with Gasteiger partial charge < -0.3 is 4.42 Å². The van der Waals surface area contributed by atoms with Crippen molar-refractivity contribution in [2.45, 2.75) is 51.2 Å². The molecule has 6 aromatic carbocycles. The zero-order valence-electron chi connectivity index (χ0n) is 47.7. The van der Waals surface area contributed by atoms with E-state index in [1.54, 1.807) is 92.7 Å². The summed E-state index contributed by atoms with van der Waals surface area (Å²) in [5.74, 6) is -2.59. The van der Waals surface area contributed by atoms with Crippen LogP contribution in [0.3, 0.4) is 0 Å². The van der Waals surface area contributed by atoms with Crippen LogP contribution in [0.4, 0.5) is 13.2 Å². The highest BCUT2D eigenvalue weighted by Gasteiger charge is 2.24. The number of nitrogens with zero attached hydrogens (tertiary/aromatic N) is 3. The van der Waals surface area contributed by atoms with E-state index in [0.717, 1.165) is 0 Å². The summed E-state index contributed by atoms with van der Waals surface area (Å²) in [5.41, 5.74) is 0.00755. The third-order valence-electron chi connectivity index (χ3n) is 11.4. The summed E-state index contributed by atoms with van der Waals surface area (Å²) in [6, 6.07) is 29.6. The van der Waals surface area contributed by atoms with E-state index in [0.29, 0.717) is 44.7 Å². The van der Waals surface area contributed by atoms with Crippen LogP contribution in [0.5, 0.6) is 0 Å². The SMILES string of the molecule is [2H]c1cc2c(oc3c(-c4ccc(C(C)(C)C([2H])([2H])c5cc(C([2H])([2H])Cc6cnc(-c7ccccc7)cc6F)cc(C([2H])([2H])Cc6cnc(-c7ccccc7)cc6F)c5)cn4)cccc32)c(-c2c([2H])c([2H])c([2H])c([2H])c2[2H])c1F. The predicted octanol–water partition coefficient (Wildman–Crippen LogP) is 14.9. The van der Waals surface area contributed by atoms with Crippen LogP contribution in [0.2, 0.25) is 0 Å². The van der Waals surface area contributed by atoms with Crippen LogP contribution in [0.25, 0.3) is 66.8 Å². The monoisotopic (exact) mass is 881 g/mol. The molecule has 0 spiro atoms. The number of furan rings is 1. The summed E-state index contributed by atoms with van der Waals surface area (Å²) in [6.07, 6.45) is -4.49. The van der Waals surface area contributed by atoms with Crippen LogP contribution < -0.4 is 0 Å². The highest BCUT2D eigenvalue weighted by molar-refractivity contribution is 6.12. The smallest absolute Gasteiger partial charge is 0.146 e. The highest BCUT2D eigenvalue weighted by Crippen LogP contribution is 2.41. The second-order valence-electron chi connectivity index (χ2n) is 16.2. The quantitative estimate of drug-likeness (QED) is 0.116. The van der Waals surface area contributed by atoms with Crippen molar-refractivity contribution in [3.63, 3.8) is 0 Å². The Kier molecular flexibility index (Phi) is 8.36. The van der Waals surface area contributed by atoms with Crippen LogP contribution in [0, 0.1) is 17.5 Å². The normalized spacial score (nSPS) is 15.0. The van der Waals surface area contributed by atoms with Gasteiger partial charge in [0.25, 0.3) is 0 Å². The van der Waals surface area contributed by atoms with Crippen molar-refractivity contribution in [2.75, 3.05) is 0 Å². The van der Waals surface area contributed by atoms with Crippen molar-refractivity contribution in [2.24, 2.45) is 0 Å². The van der Waals surface area contributed by atoms with E-state index in [1.165, 1.54) is 55.0 Å². The fourth-order valence-electron chi connectivity index (χ4n) is 7.94. The molecule has 0 aliphatic heterocycles. The van der Waals surface area contributed by atoms with Crippen molar-refractivity contribution in [3.8, 4) is 44.9 Å². The van der Waals surface area contributed by atoms with Crippen LogP contribution in [-0.4, -0.2) is 15.0 Å². The van der Waals surface area contributed by atoms with Crippen LogP contribution in [-0.2, 0) is 37.4 Å². The van der Waals surface area contributed by atoms with E-state index < -0.39 is 102 Å². The topological polar surface area (TPSA) is 51.8 Å².